The first kappa shape index (κ1) is 14.2. The van der Waals surface area contributed by atoms with Gasteiger partial charge in [-0.3, -0.25) is 9.78 Å². The summed E-state index contributed by atoms with van der Waals surface area (Å²) in [4.78, 5) is 16.0. The summed E-state index contributed by atoms with van der Waals surface area (Å²) in [5, 5.41) is 0. The van der Waals surface area contributed by atoms with E-state index >= 15 is 0 Å². The Balaban J connectivity index is 0.000000921. The van der Waals surface area contributed by atoms with Crippen LogP contribution in [0.4, 0.5) is 0 Å². The molecule has 0 aliphatic heterocycles. The van der Waals surface area contributed by atoms with Gasteiger partial charge in [-0.25, -0.2) is 0 Å². The molecule has 2 radical (unpaired) electrons. The van der Waals surface area contributed by atoms with Crippen LogP contribution < -0.4 is 5.46 Å². The normalized spacial score (nSPS) is 9.07. The molecule has 1 aromatic heterocycles. The van der Waals surface area contributed by atoms with Crippen LogP contribution in [-0.2, 0) is 0 Å². The molecule has 0 aliphatic carbocycles. The van der Waals surface area contributed by atoms with E-state index in [1.807, 2.05) is 20.8 Å². The molecule has 0 bridgehead atoms. The second-order valence-corrected chi connectivity index (χ2v) is 3.91. The Morgan fingerprint density at radius 2 is 2.13 bits per heavy atom. The molecule has 1 aromatic rings. The van der Waals surface area contributed by atoms with Crippen LogP contribution in [0.2, 0.25) is 0 Å². The van der Waals surface area contributed by atoms with Gasteiger partial charge in [0.2, 0.25) is 0 Å². The quantitative estimate of drug-likeness (QED) is 0.445. The Kier molecular flexibility index (Phi) is 7.13. The molecule has 0 saturated carbocycles. The lowest BCUT2D eigenvalue weighted by molar-refractivity contribution is 0.101. The number of nitrogens with zero attached hydrogens (tertiary/aromatic N) is 1. The number of aromatic nitrogens is 1. The van der Waals surface area contributed by atoms with Crippen molar-refractivity contribution < 1.29 is 4.79 Å². The molecule has 0 aromatic carbocycles. The lowest BCUT2D eigenvalue weighted by Crippen LogP contribution is -2.09. The molecule has 0 aliphatic rings. The smallest absolute Gasteiger partial charge is 0.179 e. The molecule has 4 heteroatoms. The first-order chi connectivity index (χ1) is 7.15. The van der Waals surface area contributed by atoms with Crippen molar-refractivity contribution in [2.24, 2.45) is 0 Å². The molecular formula is C11H16BNOS. The van der Waals surface area contributed by atoms with Gasteiger partial charge in [-0.05, 0) is 5.75 Å². The number of hydrogen-bond acceptors (Lipinski definition) is 3. The highest BCUT2D eigenvalue weighted by Gasteiger charge is 2.08. The van der Waals surface area contributed by atoms with Gasteiger partial charge in [-0.15, -0.1) is 11.8 Å². The largest absolute Gasteiger partial charge is 0.293 e. The van der Waals surface area contributed by atoms with Crippen LogP contribution in [0, 0.1) is 0 Å². The molecule has 0 unspecified atom stereocenters. The van der Waals surface area contributed by atoms with Crippen molar-refractivity contribution in [1.82, 2.24) is 4.98 Å². The fourth-order valence-corrected chi connectivity index (χ4v) is 1.85. The fraction of sp³-hybridized carbons (Fsp3) is 0.455. The van der Waals surface area contributed by atoms with Crippen molar-refractivity contribution >= 4 is 30.9 Å². The Bertz CT molecular complexity index is 328. The minimum atomic E-state index is -0.0176. The maximum atomic E-state index is 11.1. The number of carbonyl (C=O) groups excluding carboxylic acids is 1. The zero-order chi connectivity index (χ0) is 11.8. The SMILES string of the molecule is CC.[B]c1cnc(C(C)=O)c(SCC)c1. The monoisotopic (exact) mass is 221 g/mol. The van der Waals surface area contributed by atoms with E-state index in [-0.39, 0.29) is 5.78 Å². The standard InChI is InChI=1S/C9H10BNOS.C2H6/c1-3-13-8-4-7(10)5-11-9(8)6(2)12;1-2/h4-5H,3H2,1-2H3;1-2H3. The summed E-state index contributed by atoms with van der Waals surface area (Å²) in [6.45, 7) is 7.54. The zero-order valence-corrected chi connectivity index (χ0v) is 10.5. The minimum Gasteiger partial charge on any atom is -0.293 e. The Morgan fingerprint density at radius 3 is 2.60 bits per heavy atom. The Hall–Kier alpha value is -0.765. The van der Waals surface area contributed by atoms with Crippen LogP contribution in [0.1, 0.15) is 38.2 Å². The average Bonchev–Trinajstić information content (AvgIpc) is 2.21. The predicted molar refractivity (Wildman–Crippen MR) is 67.4 cm³/mol. The van der Waals surface area contributed by atoms with E-state index in [1.54, 1.807) is 17.8 Å². The highest BCUT2D eigenvalue weighted by Crippen LogP contribution is 2.19. The third-order valence-electron chi connectivity index (χ3n) is 1.51. The molecule has 15 heavy (non-hydrogen) atoms. The topological polar surface area (TPSA) is 30.0 Å². The van der Waals surface area contributed by atoms with Crippen molar-refractivity contribution in [3.8, 4) is 0 Å². The van der Waals surface area contributed by atoms with E-state index in [4.69, 9.17) is 7.85 Å². The van der Waals surface area contributed by atoms with Crippen LogP contribution in [0.25, 0.3) is 0 Å². The molecule has 0 amide bonds. The van der Waals surface area contributed by atoms with Crippen LogP contribution in [0.3, 0.4) is 0 Å². The van der Waals surface area contributed by atoms with Crippen LogP contribution in [0.15, 0.2) is 17.2 Å². The van der Waals surface area contributed by atoms with Crippen molar-refractivity contribution in [3.63, 3.8) is 0 Å². The Morgan fingerprint density at radius 1 is 1.53 bits per heavy atom. The number of ketones is 1. The predicted octanol–water partition coefficient (Wildman–Crippen LogP) is 2.22. The summed E-state index contributed by atoms with van der Waals surface area (Å²) >= 11 is 1.58. The van der Waals surface area contributed by atoms with Crippen LogP contribution in [-0.4, -0.2) is 24.4 Å². The maximum absolute atomic E-state index is 11.1. The van der Waals surface area contributed by atoms with Gasteiger partial charge in [0.1, 0.15) is 13.5 Å². The minimum absolute atomic E-state index is 0.0176. The summed E-state index contributed by atoms with van der Waals surface area (Å²) in [6, 6.07) is 1.79. The third-order valence-corrected chi connectivity index (χ3v) is 2.42. The highest BCUT2D eigenvalue weighted by molar-refractivity contribution is 7.99. The molecule has 2 nitrogen and oxygen atoms in total. The number of Topliss-reactive ketones (excluding diaryl/α,β-unsaturated/α-hetero) is 1. The number of rotatable bonds is 3. The molecule has 80 valence electrons. The molecule has 1 rings (SSSR count). The third kappa shape index (κ3) is 4.52. The van der Waals surface area contributed by atoms with Gasteiger partial charge < -0.3 is 0 Å². The summed E-state index contributed by atoms with van der Waals surface area (Å²) < 4.78 is 0. The van der Waals surface area contributed by atoms with Gasteiger partial charge in [0.25, 0.3) is 0 Å². The van der Waals surface area contributed by atoms with E-state index in [9.17, 15) is 4.79 Å². The van der Waals surface area contributed by atoms with E-state index < -0.39 is 0 Å². The molecule has 0 fully saturated rings. The molecule has 0 N–H and O–H groups in total. The first-order valence-corrected chi connectivity index (χ1v) is 6.03. The summed E-state index contributed by atoms with van der Waals surface area (Å²) in [5.74, 6) is 0.891. The number of pyridine rings is 1. The van der Waals surface area contributed by atoms with Crippen molar-refractivity contribution in [2.75, 3.05) is 5.75 Å². The lowest BCUT2D eigenvalue weighted by atomic mass is 9.98. The summed E-state index contributed by atoms with van der Waals surface area (Å²) in [7, 11) is 5.57. The van der Waals surface area contributed by atoms with Crippen LogP contribution >= 0.6 is 11.8 Å². The highest BCUT2D eigenvalue weighted by atomic mass is 32.2. The second kappa shape index (κ2) is 7.52. The molecule has 0 saturated heterocycles. The van der Waals surface area contributed by atoms with Crippen molar-refractivity contribution in [1.29, 1.82) is 0 Å². The lowest BCUT2D eigenvalue weighted by Gasteiger charge is -2.04. The zero-order valence-electron chi connectivity index (χ0n) is 9.70. The van der Waals surface area contributed by atoms with E-state index in [1.165, 1.54) is 13.1 Å². The van der Waals surface area contributed by atoms with Crippen molar-refractivity contribution in [3.05, 3.63) is 18.0 Å². The van der Waals surface area contributed by atoms with Gasteiger partial charge in [0, 0.05) is 18.0 Å². The molecule has 1 heterocycles. The molecular weight excluding hydrogens is 205 g/mol. The van der Waals surface area contributed by atoms with Gasteiger partial charge >= 0.3 is 0 Å². The maximum Gasteiger partial charge on any atom is 0.179 e. The van der Waals surface area contributed by atoms with Gasteiger partial charge in [-0.2, -0.15) is 0 Å². The van der Waals surface area contributed by atoms with Crippen molar-refractivity contribution in [2.45, 2.75) is 32.6 Å². The first-order valence-electron chi connectivity index (χ1n) is 5.04. The Labute approximate surface area is 97.3 Å². The summed E-state index contributed by atoms with van der Waals surface area (Å²) in [5.41, 5.74) is 1.11. The van der Waals surface area contributed by atoms with Gasteiger partial charge in [0.15, 0.2) is 5.78 Å². The van der Waals surface area contributed by atoms with E-state index in [0.717, 1.165) is 10.6 Å². The average molecular weight is 221 g/mol. The number of carbonyl (C=O) groups is 1. The molecule has 0 atom stereocenters. The van der Waals surface area contributed by atoms with E-state index in [0.29, 0.717) is 11.2 Å². The van der Waals surface area contributed by atoms with E-state index in [2.05, 4.69) is 4.98 Å². The second-order valence-electron chi connectivity index (χ2n) is 2.60. The van der Waals surface area contributed by atoms with Gasteiger partial charge in [-0.1, -0.05) is 32.3 Å². The van der Waals surface area contributed by atoms with Gasteiger partial charge in [0.05, 0.1) is 0 Å². The fourth-order valence-electron chi connectivity index (χ4n) is 0.990. The molecule has 0 spiro atoms. The van der Waals surface area contributed by atoms with Crippen LogP contribution in [0.5, 0.6) is 0 Å². The number of hydrogen-bond donors (Lipinski definition) is 0. The number of thioether (sulfide) groups is 1. The summed E-state index contributed by atoms with van der Waals surface area (Å²) in [6.07, 6.45) is 1.51.